The predicted octanol–water partition coefficient (Wildman–Crippen LogP) is 4.44. The first-order valence-electron chi connectivity index (χ1n) is 8.68. The number of nitriles is 1. The Bertz CT molecular complexity index is 1150. The number of hydrogen-bond donors (Lipinski definition) is 1. The summed E-state index contributed by atoms with van der Waals surface area (Å²) in [4.78, 5) is 19.4. The fourth-order valence-corrected chi connectivity index (χ4v) is 2.83. The van der Waals surface area contributed by atoms with Gasteiger partial charge in [0, 0.05) is 5.02 Å². The lowest BCUT2D eigenvalue weighted by Gasteiger charge is -2.10. The Kier molecular flexibility index (Phi) is 5.97. The zero-order chi connectivity index (χ0) is 20.1. The summed E-state index contributed by atoms with van der Waals surface area (Å²) in [6.07, 6.45) is 2.49. The van der Waals surface area contributed by atoms with Crippen molar-refractivity contribution in [3.63, 3.8) is 0 Å². The van der Waals surface area contributed by atoms with Crippen molar-refractivity contribution in [3.05, 3.63) is 63.2 Å². The number of H-pyrrole nitrogens is 1. The van der Waals surface area contributed by atoms with Crippen LogP contribution in [0.1, 0.15) is 24.7 Å². The number of aromatic nitrogens is 2. The van der Waals surface area contributed by atoms with Gasteiger partial charge in [0.15, 0.2) is 17.3 Å². The first-order chi connectivity index (χ1) is 13.5. The summed E-state index contributed by atoms with van der Waals surface area (Å²) in [6, 6.07) is 12.2. The van der Waals surface area contributed by atoms with Crippen LogP contribution < -0.4 is 15.0 Å². The highest BCUT2D eigenvalue weighted by atomic mass is 35.5. The largest absolute Gasteiger partial charge is 0.493 e. The number of methoxy groups -OCH3 is 1. The Labute approximate surface area is 167 Å². The average Bonchev–Trinajstić information content (AvgIpc) is 2.70. The summed E-state index contributed by atoms with van der Waals surface area (Å²) < 4.78 is 11.0. The van der Waals surface area contributed by atoms with E-state index in [9.17, 15) is 10.1 Å². The highest BCUT2D eigenvalue weighted by Crippen LogP contribution is 2.29. The Morgan fingerprint density at radius 2 is 2.11 bits per heavy atom. The van der Waals surface area contributed by atoms with Crippen molar-refractivity contribution in [1.29, 1.82) is 5.26 Å². The fourth-order valence-electron chi connectivity index (χ4n) is 2.67. The van der Waals surface area contributed by atoms with Crippen molar-refractivity contribution < 1.29 is 9.47 Å². The fraction of sp³-hybridized carbons (Fsp3) is 0.190. The van der Waals surface area contributed by atoms with Gasteiger partial charge in [-0.2, -0.15) is 5.26 Å². The molecule has 0 fully saturated rings. The summed E-state index contributed by atoms with van der Waals surface area (Å²) >= 11 is 6.00. The Morgan fingerprint density at radius 3 is 2.82 bits per heavy atom. The van der Waals surface area contributed by atoms with E-state index in [0.29, 0.717) is 34.0 Å². The van der Waals surface area contributed by atoms with E-state index in [-0.39, 0.29) is 17.0 Å². The van der Waals surface area contributed by atoms with Gasteiger partial charge in [0.2, 0.25) is 0 Å². The highest BCUT2D eigenvalue weighted by Gasteiger charge is 2.10. The van der Waals surface area contributed by atoms with Crippen LogP contribution in [-0.4, -0.2) is 23.7 Å². The van der Waals surface area contributed by atoms with E-state index in [0.717, 1.165) is 12.0 Å². The normalized spacial score (nSPS) is 11.3. The molecule has 0 amide bonds. The van der Waals surface area contributed by atoms with E-state index in [2.05, 4.69) is 16.0 Å². The SMILES string of the molecule is CCCOc1cc(/C=C(\C#N)c2nc3cc(Cl)ccc3c(=O)[nH]2)ccc1OC. The van der Waals surface area contributed by atoms with Crippen molar-refractivity contribution in [2.75, 3.05) is 13.7 Å². The molecule has 0 spiro atoms. The molecule has 6 nitrogen and oxygen atoms in total. The second-order valence-electron chi connectivity index (χ2n) is 6.00. The van der Waals surface area contributed by atoms with Crippen molar-refractivity contribution >= 4 is 34.2 Å². The maximum Gasteiger partial charge on any atom is 0.259 e. The number of benzene rings is 2. The standard InChI is InChI=1S/C21H18ClN3O3/c1-3-8-28-19-10-13(4-7-18(19)27-2)9-14(12-23)20-24-17-11-15(22)5-6-16(17)21(26)25-20/h4-7,9-11H,3,8H2,1-2H3,(H,24,25,26)/b14-9+. The number of nitrogens with one attached hydrogen (secondary N) is 1. The minimum atomic E-state index is -0.334. The number of fused-ring (bicyclic) bond motifs is 1. The Hall–Kier alpha value is -3.30. The topological polar surface area (TPSA) is 88.0 Å². The van der Waals surface area contributed by atoms with Crippen LogP contribution >= 0.6 is 11.6 Å². The quantitative estimate of drug-likeness (QED) is 0.623. The van der Waals surface area contributed by atoms with E-state index in [1.165, 1.54) is 0 Å². The predicted molar refractivity (Wildman–Crippen MR) is 110 cm³/mol. The summed E-state index contributed by atoms with van der Waals surface area (Å²) in [7, 11) is 1.57. The van der Waals surface area contributed by atoms with E-state index in [4.69, 9.17) is 21.1 Å². The van der Waals surface area contributed by atoms with Crippen LogP contribution in [0.5, 0.6) is 11.5 Å². The lowest BCUT2D eigenvalue weighted by atomic mass is 10.1. The van der Waals surface area contributed by atoms with Gasteiger partial charge >= 0.3 is 0 Å². The third-order valence-corrected chi connectivity index (χ3v) is 4.24. The van der Waals surface area contributed by atoms with Crippen molar-refractivity contribution in [3.8, 4) is 17.6 Å². The van der Waals surface area contributed by atoms with Crippen molar-refractivity contribution in [2.45, 2.75) is 13.3 Å². The molecular formula is C21H18ClN3O3. The number of nitrogens with zero attached hydrogens (tertiary/aromatic N) is 2. The van der Waals surface area contributed by atoms with Gasteiger partial charge < -0.3 is 14.5 Å². The Morgan fingerprint density at radius 1 is 1.29 bits per heavy atom. The molecule has 1 N–H and O–H groups in total. The molecule has 0 atom stereocenters. The van der Waals surface area contributed by atoms with Gasteiger partial charge in [-0.05, 0) is 48.4 Å². The number of aromatic amines is 1. The molecule has 7 heteroatoms. The lowest BCUT2D eigenvalue weighted by molar-refractivity contribution is 0.294. The highest BCUT2D eigenvalue weighted by molar-refractivity contribution is 6.31. The van der Waals surface area contributed by atoms with E-state index in [1.807, 2.05) is 6.92 Å². The molecule has 0 unspecified atom stereocenters. The molecule has 0 radical (unpaired) electrons. The number of rotatable bonds is 6. The third-order valence-electron chi connectivity index (χ3n) is 4.00. The molecule has 0 aliphatic heterocycles. The minimum absolute atomic E-state index is 0.175. The van der Waals surface area contributed by atoms with Crippen LogP contribution in [0.25, 0.3) is 22.6 Å². The van der Waals surface area contributed by atoms with Gasteiger partial charge in [-0.15, -0.1) is 0 Å². The molecule has 3 rings (SSSR count). The van der Waals surface area contributed by atoms with Crippen LogP contribution in [-0.2, 0) is 0 Å². The van der Waals surface area contributed by atoms with Crippen LogP contribution in [0.2, 0.25) is 5.02 Å². The van der Waals surface area contributed by atoms with Crippen molar-refractivity contribution in [1.82, 2.24) is 9.97 Å². The van der Waals surface area contributed by atoms with Gasteiger partial charge in [0.25, 0.3) is 5.56 Å². The van der Waals surface area contributed by atoms with Crippen LogP contribution in [0.4, 0.5) is 0 Å². The number of allylic oxidation sites excluding steroid dienone is 1. The van der Waals surface area contributed by atoms with E-state index in [1.54, 1.807) is 49.6 Å². The van der Waals surface area contributed by atoms with Gasteiger partial charge in [-0.1, -0.05) is 24.6 Å². The average molecular weight is 396 g/mol. The molecule has 0 aliphatic rings. The molecule has 0 aliphatic carbocycles. The zero-order valence-corrected chi connectivity index (χ0v) is 16.2. The van der Waals surface area contributed by atoms with Crippen LogP contribution in [0, 0.1) is 11.3 Å². The molecule has 3 aromatic rings. The van der Waals surface area contributed by atoms with Gasteiger partial charge in [-0.25, -0.2) is 4.98 Å². The summed E-state index contributed by atoms with van der Waals surface area (Å²) in [5, 5.41) is 10.5. The number of ether oxygens (including phenoxy) is 2. The molecule has 0 saturated heterocycles. The van der Waals surface area contributed by atoms with Crippen LogP contribution in [0.15, 0.2) is 41.2 Å². The minimum Gasteiger partial charge on any atom is -0.493 e. The third kappa shape index (κ3) is 4.16. The maximum atomic E-state index is 12.3. The van der Waals surface area contributed by atoms with Gasteiger partial charge in [-0.3, -0.25) is 4.79 Å². The second kappa shape index (κ2) is 8.59. The zero-order valence-electron chi connectivity index (χ0n) is 15.5. The van der Waals surface area contributed by atoms with E-state index < -0.39 is 0 Å². The molecule has 1 heterocycles. The van der Waals surface area contributed by atoms with Gasteiger partial charge in [0.1, 0.15) is 6.07 Å². The Balaban J connectivity index is 2.06. The summed E-state index contributed by atoms with van der Waals surface area (Å²) in [5.41, 5.74) is 1.02. The first-order valence-corrected chi connectivity index (χ1v) is 9.06. The lowest BCUT2D eigenvalue weighted by Crippen LogP contribution is -2.11. The van der Waals surface area contributed by atoms with Gasteiger partial charge in [0.05, 0.1) is 30.2 Å². The molecule has 28 heavy (non-hydrogen) atoms. The molecule has 0 saturated carbocycles. The number of halogens is 1. The van der Waals surface area contributed by atoms with Crippen LogP contribution in [0.3, 0.4) is 0 Å². The van der Waals surface area contributed by atoms with E-state index >= 15 is 0 Å². The molecule has 0 bridgehead atoms. The first kappa shape index (κ1) is 19.5. The second-order valence-corrected chi connectivity index (χ2v) is 6.44. The molecule has 1 aromatic heterocycles. The molecule has 2 aromatic carbocycles. The summed E-state index contributed by atoms with van der Waals surface area (Å²) in [6.45, 7) is 2.56. The number of hydrogen-bond acceptors (Lipinski definition) is 5. The maximum absolute atomic E-state index is 12.3. The monoisotopic (exact) mass is 395 g/mol. The smallest absolute Gasteiger partial charge is 0.259 e. The molecule has 142 valence electrons. The van der Waals surface area contributed by atoms with Crippen molar-refractivity contribution in [2.24, 2.45) is 0 Å². The molecular weight excluding hydrogens is 378 g/mol. The summed E-state index contributed by atoms with van der Waals surface area (Å²) in [5.74, 6) is 1.37.